The number of aromatic nitrogens is 2. The quantitative estimate of drug-likeness (QED) is 0.112. The highest BCUT2D eigenvalue weighted by molar-refractivity contribution is 6.28. The van der Waals surface area contributed by atoms with Crippen molar-refractivity contribution in [1.29, 1.82) is 5.41 Å². The van der Waals surface area contributed by atoms with Crippen LogP contribution in [0.3, 0.4) is 0 Å². The summed E-state index contributed by atoms with van der Waals surface area (Å²) in [6, 6.07) is 59.1. The van der Waals surface area contributed by atoms with Crippen LogP contribution in [0.1, 0.15) is 11.1 Å². The highest BCUT2D eigenvalue weighted by Crippen LogP contribution is 2.41. The molecule has 0 aliphatic heterocycles. The van der Waals surface area contributed by atoms with Crippen LogP contribution in [0.15, 0.2) is 170 Å². The molecule has 50 heavy (non-hydrogen) atoms. The topological polar surface area (TPSA) is 59.7 Å². The van der Waals surface area contributed by atoms with Gasteiger partial charge < -0.3 is 14.9 Å². The SMILES string of the molecule is Cn1c2ccccc2c2ccc3c4ccc5c(c4ccc3c21)c1ccccc1n5-c1ccccc1.N=C(c1ccccc1)c1ccccc1N. The summed E-state index contributed by atoms with van der Waals surface area (Å²) in [7, 11) is 2.19. The van der Waals surface area contributed by atoms with Crippen molar-refractivity contribution in [2.75, 3.05) is 5.73 Å². The van der Waals surface area contributed by atoms with E-state index in [0.717, 1.165) is 11.1 Å². The number of nitrogen functional groups attached to an aromatic ring is 1. The molecule has 0 aliphatic rings. The van der Waals surface area contributed by atoms with Crippen molar-refractivity contribution in [1.82, 2.24) is 9.13 Å². The van der Waals surface area contributed by atoms with E-state index < -0.39 is 0 Å². The summed E-state index contributed by atoms with van der Waals surface area (Å²) in [6.45, 7) is 0. The molecule has 0 spiro atoms. The molecule has 4 nitrogen and oxygen atoms in total. The number of para-hydroxylation sites is 4. The summed E-state index contributed by atoms with van der Waals surface area (Å²) in [5.41, 5.74) is 14.8. The molecule has 10 aromatic rings. The van der Waals surface area contributed by atoms with Crippen molar-refractivity contribution in [2.45, 2.75) is 0 Å². The van der Waals surface area contributed by atoms with Crippen molar-refractivity contribution in [3.8, 4) is 5.69 Å². The Labute approximate surface area is 289 Å². The summed E-state index contributed by atoms with van der Waals surface area (Å²) in [5.74, 6) is 0. The zero-order chi connectivity index (χ0) is 33.8. The van der Waals surface area contributed by atoms with Gasteiger partial charge in [-0.05, 0) is 52.6 Å². The third-order valence-electron chi connectivity index (χ3n) is 10.0. The Morgan fingerprint density at radius 1 is 0.460 bits per heavy atom. The Balaban J connectivity index is 0.000000189. The molecular weight excluding hydrogens is 609 g/mol. The van der Waals surface area contributed by atoms with Crippen LogP contribution in [0, 0.1) is 5.41 Å². The smallest absolute Gasteiger partial charge is 0.0705 e. The van der Waals surface area contributed by atoms with E-state index in [0.29, 0.717) is 11.4 Å². The maximum absolute atomic E-state index is 8.03. The fourth-order valence-corrected chi connectivity index (χ4v) is 7.71. The Bertz CT molecular complexity index is 2900. The molecule has 10 rings (SSSR count). The van der Waals surface area contributed by atoms with E-state index in [1.807, 2.05) is 54.6 Å². The highest BCUT2D eigenvalue weighted by Gasteiger charge is 2.17. The van der Waals surface area contributed by atoms with E-state index in [1.54, 1.807) is 0 Å². The third kappa shape index (κ3) is 4.57. The zero-order valence-electron chi connectivity index (χ0n) is 27.6. The second kappa shape index (κ2) is 11.8. The first kappa shape index (κ1) is 29.5. The summed E-state index contributed by atoms with van der Waals surface area (Å²) in [6.07, 6.45) is 0. The molecule has 0 amide bonds. The number of fused-ring (bicyclic) bond motifs is 11. The van der Waals surface area contributed by atoms with Crippen LogP contribution in [-0.2, 0) is 7.05 Å². The number of hydrogen-bond donors (Lipinski definition) is 2. The molecule has 2 heterocycles. The third-order valence-corrected chi connectivity index (χ3v) is 10.0. The van der Waals surface area contributed by atoms with Crippen LogP contribution in [-0.4, -0.2) is 14.8 Å². The lowest BCUT2D eigenvalue weighted by atomic mass is 9.96. The molecule has 0 fully saturated rings. The van der Waals surface area contributed by atoms with Crippen molar-refractivity contribution in [3.05, 3.63) is 181 Å². The summed E-state index contributed by atoms with van der Waals surface area (Å²) >= 11 is 0. The minimum absolute atomic E-state index is 0.466. The van der Waals surface area contributed by atoms with Gasteiger partial charge in [0.1, 0.15) is 0 Å². The largest absolute Gasteiger partial charge is 0.398 e. The summed E-state index contributed by atoms with van der Waals surface area (Å²) in [5, 5.41) is 18.5. The number of benzene rings is 8. The van der Waals surface area contributed by atoms with E-state index in [2.05, 4.69) is 131 Å². The van der Waals surface area contributed by atoms with Gasteiger partial charge in [-0.25, -0.2) is 0 Å². The van der Waals surface area contributed by atoms with E-state index in [9.17, 15) is 0 Å². The molecule has 3 N–H and O–H groups in total. The van der Waals surface area contributed by atoms with Crippen LogP contribution < -0.4 is 5.73 Å². The second-order valence-corrected chi connectivity index (χ2v) is 12.8. The zero-order valence-corrected chi connectivity index (χ0v) is 27.6. The number of nitrogens with two attached hydrogens (primary N) is 1. The molecule has 0 aliphatic carbocycles. The second-order valence-electron chi connectivity index (χ2n) is 12.8. The lowest BCUT2D eigenvalue weighted by molar-refractivity contribution is 1.02. The first-order valence-corrected chi connectivity index (χ1v) is 16.9. The van der Waals surface area contributed by atoms with E-state index in [1.165, 1.54) is 70.8 Å². The number of nitrogens with zero attached hydrogens (tertiary/aromatic N) is 2. The standard InChI is InChI=1S/C33H22N2.C13H12N2/c1-34-29-13-7-5-11-24(29)27-17-15-23-22-19-20-31-32(25(22)16-18-26(23)33(27)34)28-12-6-8-14-30(28)35(31)21-9-3-2-4-10-21;14-12-9-5-4-8-11(12)13(15)10-6-2-1-3-7-10/h2-20H,1H3;1-9,15H,14H2. The molecule has 4 heteroatoms. The molecule has 8 aromatic carbocycles. The molecule has 2 aromatic heterocycles. The van der Waals surface area contributed by atoms with Crippen molar-refractivity contribution >= 4 is 76.6 Å². The van der Waals surface area contributed by atoms with Gasteiger partial charge in [0.05, 0.1) is 22.3 Å². The average Bonchev–Trinajstić information content (AvgIpc) is 3.68. The van der Waals surface area contributed by atoms with E-state index >= 15 is 0 Å². The van der Waals surface area contributed by atoms with Crippen LogP contribution in [0.2, 0.25) is 0 Å². The molecule has 0 saturated heterocycles. The maximum atomic E-state index is 8.03. The van der Waals surface area contributed by atoms with Gasteiger partial charge in [-0.1, -0.05) is 133 Å². The first-order valence-electron chi connectivity index (χ1n) is 16.9. The molecule has 0 atom stereocenters. The average molecular weight is 643 g/mol. The van der Waals surface area contributed by atoms with Crippen LogP contribution in [0.25, 0.3) is 70.8 Å². The lowest BCUT2D eigenvalue weighted by Gasteiger charge is -2.10. The Morgan fingerprint density at radius 2 is 1.00 bits per heavy atom. The normalized spacial score (nSPS) is 11.5. The number of rotatable bonds is 3. The van der Waals surface area contributed by atoms with Crippen LogP contribution >= 0.6 is 0 Å². The number of aryl methyl sites for hydroxylation is 1. The molecule has 0 bridgehead atoms. The van der Waals surface area contributed by atoms with Gasteiger partial charge in [-0.15, -0.1) is 0 Å². The van der Waals surface area contributed by atoms with Gasteiger partial charge in [-0.2, -0.15) is 0 Å². The van der Waals surface area contributed by atoms with Crippen LogP contribution in [0.4, 0.5) is 5.69 Å². The fraction of sp³-hybridized carbons (Fsp3) is 0.0217. The maximum Gasteiger partial charge on any atom is 0.0705 e. The Hall–Kier alpha value is -6.65. The molecular formula is C46H34N4. The minimum Gasteiger partial charge on any atom is -0.398 e. The summed E-state index contributed by atoms with van der Waals surface area (Å²) in [4.78, 5) is 0. The van der Waals surface area contributed by atoms with Gasteiger partial charge in [0.2, 0.25) is 0 Å². The Kier molecular flexibility index (Phi) is 6.96. The van der Waals surface area contributed by atoms with Gasteiger partial charge >= 0.3 is 0 Å². The molecule has 0 saturated carbocycles. The minimum atomic E-state index is 0.466. The number of anilines is 1. The van der Waals surface area contributed by atoms with E-state index in [-0.39, 0.29) is 0 Å². The molecule has 238 valence electrons. The summed E-state index contributed by atoms with van der Waals surface area (Å²) < 4.78 is 4.74. The lowest BCUT2D eigenvalue weighted by Crippen LogP contribution is -2.04. The Morgan fingerprint density at radius 3 is 1.76 bits per heavy atom. The van der Waals surface area contributed by atoms with Gasteiger partial charge in [-0.3, -0.25) is 5.41 Å². The number of hydrogen-bond acceptors (Lipinski definition) is 2. The van der Waals surface area contributed by atoms with Gasteiger partial charge in [0.25, 0.3) is 0 Å². The van der Waals surface area contributed by atoms with Crippen molar-refractivity contribution in [2.24, 2.45) is 7.05 Å². The molecule has 0 unspecified atom stereocenters. The van der Waals surface area contributed by atoms with E-state index in [4.69, 9.17) is 11.1 Å². The van der Waals surface area contributed by atoms with Gasteiger partial charge in [0.15, 0.2) is 0 Å². The van der Waals surface area contributed by atoms with Crippen molar-refractivity contribution < 1.29 is 0 Å². The molecule has 0 radical (unpaired) electrons. The monoisotopic (exact) mass is 642 g/mol. The first-order chi connectivity index (χ1) is 24.6. The predicted molar refractivity (Wildman–Crippen MR) is 213 cm³/mol. The van der Waals surface area contributed by atoms with Crippen LogP contribution in [0.5, 0.6) is 0 Å². The number of nitrogens with one attached hydrogen (secondary N) is 1. The van der Waals surface area contributed by atoms with Crippen molar-refractivity contribution in [3.63, 3.8) is 0 Å². The van der Waals surface area contributed by atoms with Gasteiger partial charge in [0, 0.05) is 62.0 Å². The predicted octanol–water partition coefficient (Wildman–Crippen LogP) is 11.4. The fourth-order valence-electron chi connectivity index (χ4n) is 7.71. The highest BCUT2D eigenvalue weighted by atomic mass is 15.0.